The highest BCUT2D eigenvalue weighted by Crippen LogP contribution is 2.17. The molecule has 2 unspecified atom stereocenters. The van der Waals surface area contributed by atoms with Crippen LogP contribution in [0.2, 0.25) is 0 Å². The lowest BCUT2D eigenvalue weighted by Crippen LogP contribution is -2.49. The third kappa shape index (κ3) is 5.39. The van der Waals surface area contributed by atoms with Crippen LogP contribution in [-0.2, 0) is 4.79 Å². The van der Waals surface area contributed by atoms with Gasteiger partial charge in [0.05, 0.1) is 5.92 Å². The lowest BCUT2D eigenvalue weighted by atomic mass is 9.98. The number of unbranched alkanes of at least 4 members (excludes halogenated alkanes) is 1. The van der Waals surface area contributed by atoms with Crippen LogP contribution in [0.25, 0.3) is 0 Å². The molecule has 1 saturated heterocycles. The molecule has 0 aromatic heterocycles. The molecule has 0 bridgehead atoms. The van der Waals surface area contributed by atoms with Gasteiger partial charge in [-0.05, 0) is 25.7 Å². The van der Waals surface area contributed by atoms with Gasteiger partial charge in [0.1, 0.15) is 0 Å². The summed E-state index contributed by atoms with van der Waals surface area (Å²) in [6, 6.07) is 0.128. The van der Waals surface area contributed by atoms with Gasteiger partial charge in [-0.2, -0.15) is 0 Å². The average Bonchev–Trinajstić information content (AvgIpc) is 2.45. The monoisotopic (exact) mass is 284 g/mol. The number of hydrogen-bond acceptors (Lipinski definition) is 2. The van der Waals surface area contributed by atoms with E-state index < -0.39 is 11.9 Å². The third-order valence-electron chi connectivity index (χ3n) is 3.93. The minimum absolute atomic E-state index is 0.0921. The van der Waals surface area contributed by atoms with Gasteiger partial charge in [0.2, 0.25) is 0 Å². The summed E-state index contributed by atoms with van der Waals surface area (Å²) in [7, 11) is 0. The maximum atomic E-state index is 12.2. The highest BCUT2D eigenvalue weighted by molar-refractivity contribution is 5.76. The first kappa shape index (κ1) is 16.8. The van der Waals surface area contributed by atoms with E-state index in [0.717, 1.165) is 38.5 Å². The molecule has 20 heavy (non-hydrogen) atoms. The molecule has 0 spiro atoms. The number of nitrogens with zero attached hydrogens (tertiary/aromatic N) is 1. The quantitative estimate of drug-likeness (QED) is 0.755. The Morgan fingerprint density at radius 1 is 1.30 bits per heavy atom. The van der Waals surface area contributed by atoms with Crippen LogP contribution in [0.15, 0.2) is 0 Å². The van der Waals surface area contributed by atoms with Gasteiger partial charge in [-0.3, -0.25) is 4.79 Å². The van der Waals surface area contributed by atoms with Gasteiger partial charge in [-0.1, -0.05) is 33.1 Å². The van der Waals surface area contributed by atoms with Crippen molar-refractivity contribution < 1.29 is 14.7 Å². The second-order valence-corrected chi connectivity index (χ2v) is 5.70. The Bertz CT molecular complexity index is 320. The molecule has 0 aliphatic carbocycles. The van der Waals surface area contributed by atoms with Crippen molar-refractivity contribution >= 4 is 12.0 Å². The van der Waals surface area contributed by atoms with E-state index in [-0.39, 0.29) is 12.1 Å². The molecular formula is C15H28N2O3. The molecule has 2 atom stereocenters. The fourth-order valence-corrected chi connectivity index (χ4v) is 2.72. The predicted molar refractivity (Wildman–Crippen MR) is 78.7 cm³/mol. The number of aliphatic carboxylic acids is 1. The Hall–Kier alpha value is -1.26. The Morgan fingerprint density at radius 3 is 2.65 bits per heavy atom. The molecule has 1 heterocycles. The number of carbonyl (C=O) groups excluding carboxylic acids is 1. The smallest absolute Gasteiger partial charge is 0.317 e. The van der Waals surface area contributed by atoms with Gasteiger partial charge < -0.3 is 15.3 Å². The fourth-order valence-electron chi connectivity index (χ4n) is 2.72. The Morgan fingerprint density at radius 2 is 2.05 bits per heavy atom. The first-order chi connectivity index (χ1) is 9.58. The van der Waals surface area contributed by atoms with Gasteiger partial charge in [-0.25, -0.2) is 4.79 Å². The number of likely N-dealkylation sites (tertiary alicyclic amines) is 1. The summed E-state index contributed by atoms with van der Waals surface area (Å²) in [4.78, 5) is 24.9. The van der Waals surface area contributed by atoms with Crippen molar-refractivity contribution in [3.05, 3.63) is 0 Å². The molecule has 1 aliphatic rings. The van der Waals surface area contributed by atoms with Crippen LogP contribution in [-0.4, -0.2) is 41.1 Å². The standard InChI is InChI=1S/C15H28N2O3/c1-3-5-9-13(7-4-2)16-15(20)17-10-6-8-12(11-17)14(18)19/h12-13H,3-11H2,1-2H3,(H,16,20)(H,18,19). The third-order valence-corrected chi connectivity index (χ3v) is 3.93. The van der Waals surface area contributed by atoms with Gasteiger partial charge >= 0.3 is 12.0 Å². The first-order valence-corrected chi connectivity index (χ1v) is 7.86. The van der Waals surface area contributed by atoms with E-state index in [2.05, 4.69) is 19.2 Å². The molecule has 0 saturated carbocycles. The van der Waals surface area contributed by atoms with E-state index in [1.54, 1.807) is 4.90 Å². The van der Waals surface area contributed by atoms with Crippen molar-refractivity contribution in [3.63, 3.8) is 0 Å². The normalized spacial score (nSPS) is 20.5. The average molecular weight is 284 g/mol. The van der Waals surface area contributed by atoms with Crippen molar-refractivity contribution in [2.45, 2.75) is 64.8 Å². The van der Waals surface area contributed by atoms with Crippen molar-refractivity contribution in [2.24, 2.45) is 5.92 Å². The molecule has 116 valence electrons. The first-order valence-electron chi connectivity index (χ1n) is 7.86. The molecule has 0 radical (unpaired) electrons. The Kier molecular flexibility index (Phi) is 7.41. The van der Waals surface area contributed by atoms with E-state index in [1.165, 1.54) is 0 Å². The SMILES string of the molecule is CCCCC(CCC)NC(=O)N1CCCC(C(=O)O)C1. The number of urea groups is 1. The van der Waals surface area contributed by atoms with Gasteiger partial charge in [0, 0.05) is 19.1 Å². The van der Waals surface area contributed by atoms with E-state index in [1.807, 2.05) is 0 Å². The topological polar surface area (TPSA) is 69.6 Å². The van der Waals surface area contributed by atoms with Crippen LogP contribution in [0, 0.1) is 5.92 Å². The number of hydrogen-bond donors (Lipinski definition) is 2. The van der Waals surface area contributed by atoms with Gasteiger partial charge in [0.25, 0.3) is 0 Å². The van der Waals surface area contributed by atoms with Crippen LogP contribution < -0.4 is 5.32 Å². The predicted octanol–water partition coefficient (Wildman–Crippen LogP) is 2.85. The number of carbonyl (C=O) groups is 2. The van der Waals surface area contributed by atoms with E-state index >= 15 is 0 Å². The van der Waals surface area contributed by atoms with Crippen LogP contribution in [0.5, 0.6) is 0 Å². The molecule has 1 rings (SSSR count). The number of rotatable bonds is 7. The van der Waals surface area contributed by atoms with Gasteiger partial charge in [0.15, 0.2) is 0 Å². The maximum Gasteiger partial charge on any atom is 0.317 e. The number of piperidine rings is 1. The van der Waals surface area contributed by atoms with E-state index in [4.69, 9.17) is 5.11 Å². The number of amides is 2. The molecule has 1 aliphatic heterocycles. The summed E-state index contributed by atoms with van der Waals surface area (Å²) in [5.74, 6) is -1.20. The number of nitrogens with one attached hydrogen (secondary N) is 1. The van der Waals surface area contributed by atoms with E-state index in [9.17, 15) is 9.59 Å². The van der Waals surface area contributed by atoms with Crippen LogP contribution in [0.4, 0.5) is 4.79 Å². The second kappa shape index (κ2) is 8.82. The molecule has 0 aromatic rings. The Balaban J connectivity index is 2.48. The zero-order chi connectivity index (χ0) is 15.0. The van der Waals surface area contributed by atoms with E-state index in [0.29, 0.717) is 19.5 Å². The summed E-state index contributed by atoms with van der Waals surface area (Å²) in [5, 5.41) is 12.1. The number of carboxylic acids is 1. The largest absolute Gasteiger partial charge is 0.481 e. The molecule has 0 aromatic carbocycles. The van der Waals surface area contributed by atoms with Gasteiger partial charge in [-0.15, -0.1) is 0 Å². The minimum Gasteiger partial charge on any atom is -0.481 e. The van der Waals surface area contributed by atoms with Crippen LogP contribution >= 0.6 is 0 Å². The minimum atomic E-state index is -0.793. The molecular weight excluding hydrogens is 256 g/mol. The van der Waals surface area contributed by atoms with Crippen molar-refractivity contribution in [1.29, 1.82) is 0 Å². The summed E-state index contributed by atoms with van der Waals surface area (Å²) < 4.78 is 0. The summed E-state index contributed by atoms with van der Waals surface area (Å²) >= 11 is 0. The van der Waals surface area contributed by atoms with Crippen LogP contribution in [0.3, 0.4) is 0 Å². The summed E-state index contributed by atoms with van der Waals surface area (Å²) in [5.41, 5.74) is 0. The zero-order valence-electron chi connectivity index (χ0n) is 12.7. The second-order valence-electron chi connectivity index (χ2n) is 5.70. The fraction of sp³-hybridized carbons (Fsp3) is 0.867. The zero-order valence-corrected chi connectivity index (χ0v) is 12.7. The van der Waals surface area contributed by atoms with Crippen molar-refractivity contribution in [2.75, 3.05) is 13.1 Å². The highest BCUT2D eigenvalue weighted by atomic mass is 16.4. The van der Waals surface area contributed by atoms with Crippen LogP contribution in [0.1, 0.15) is 58.8 Å². The Labute approximate surface area is 121 Å². The summed E-state index contributed by atoms with van der Waals surface area (Å²) in [6.07, 6.45) is 6.73. The highest BCUT2D eigenvalue weighted by Gasteiger charge is 2.28. The number of carboxylic acid groups (broad SMARTS) is 1. The lowest BCUT2D eigenvalue weighted by molar-refractivity contribution is -0.143. The molecule has 2 N–H and O–H groups in total. The molecule has 2 amide bonds. The van der Waals surface area contributed by atoms with Crippen molar-refractivity contribution in [3.8, 4) is 0 Å². The molecule has 1 fully saturated rings. The molecule has 5 nitrogen and oxygen atoms in total. The van der Waals surface area contributed by atoms with Crippen molar-refractivity contribution in [1.82, 2.24) is 10.2 Å². The lowest BCUT2D eigenvalue weighted by Gasteiger charge is -2.32. The maximum absolute atomic E-state index is 12.2. The molecule has 5 heteroatoms. The summed E-state index contributed by atoms with van der Waals surface area (Å²) in [6.45, 7) is 5.27.